The molecule has 4 heteroatoms. The third-order valence-corrected chi connectivity index (χ3v) is 4.20. The van der Waals surface area contributed by atoms with Crippen molar-refractivity contribution in [1.82, 2.24) is 5.43 Å². The number of carbonyl (C=O) groups is 1. The number of hydrazine groups is 1. The maximum Gasteiger partial charge on any atom is 0.237 e. The van der Waals surface area contributed by atoms with E-state index in [4.69, 9.17) is 10.6 Å². The first kappa shape index (κ1) is 14.9. The highest BCUT2D eigenvalue weighted by Gasteiger charge is 2.34. The summed E-state index contributed by atoms with van der Waals surface area (Å²) in [4.78, 5) is 11.8. The average molecular weight is 276 g/mol. The summed E-state index contributed by atoms with van der Waals surface area (Å²) < 4.78 is 6.04. The summed E-state index contributed by atoms with van der Waals surface area (Å²) in [7, 11) is 0. The zero-order chi connectivity index (χ0) is 14.5. The largest absolute Gasteiger partial charge is 0.490 e. The molecule has 1 aliphatic carbocycles. The lowest BCUT2D eigenvalue weighted by Gasteiger charge is -2.36. The zero-order valence-corrected chi connectivity index (χ0v) is 12.2. The van der Waals surface area contributed by atoms with Crippen LogP contribution in [-0.2, 0) is 4.79 Å². The number of nitrogens with two attached hydrogens (primary N) is 1. The van der Waals surface area contributed by atoms with Crippen LogP contribution in [0.3, 0.4) is 0 Å². The van der Waals surface area contributed by atoms with E-state index in [9.17, 15) is 4.79 Å². The van der Waals surface area contributed by atoms with Crippen molar-refractivity contribution in [3.8, 4) is 5.75 Å². The number of ether oxygens (including phenoxy) is 1. The Morgan fingerprint density at radius 3 is 2.55 bits per heavy atom. The molecule has 0 aliphatic heterocycles. The number of hydrogen-bond acceptors (Lipinski definition) is 3. The number of benzene rings is 1. The number of para-hydroxylation sites is 1. The van der Waals surface area contributed by atoms with Crippen molar-refractivity contribution in [2.24, 2.45) is 23.6 Å². The van der Waals surface area contributed by atoms with Crippen LogP contribution in [-0.4, -0.2) is 12.0 Å². The first-order chi connectivity index (χ1) is 9.60. The summed E-state index contributed by atoms with van der Waals surface area (Å²) in [5.74, 6) is 7.08. The topological polar surface area (TPSA) is 64.3 Å². The number of rotatable bonds is 4. The molecule has 0 spiro atoms. The van der Waals surface area contributed by atoms with Crippen LogP contribution in [0.2, 0.25) is 0 Å². The molecule has 0 saturated heterocycles. The Kier molecular flexibility index (Phi) is 5.01. The van der Waals surface area contributed by atoms with Crippen LogP contribution in [0.4, 0.5) is 0 Å². The molecule has 2 rings (SSSR count). The van der Waals surface area contributed by atoms with Gasteiger partial charge in [-0.2, -0.15) is 0 Å². The Hall–Kier alpha value is -1.55. The zero-order valence-electron chi connectivity index (χ0n) is 12.2. The van der Waals surface area contributed by atoms with Crippen molar-refractivity contribution in [2.75, 3.05) is 0 Å². The smallest absolute Gasteiger partial charge is 0.237 e. The van der Waals surface area contributed by atoms with Crippen molar-refractivity contribution in [2.45, 2.75) is 39.2 Å². The summed E-state index contributed by atoms with van der Waals surface area (Å²) in [6.45, 7) is 4.40. The molecule has 1 aromatic carbocycles. The number of nitrogens with one attached hydrogen (secondary N) is 1. The minimum absolute atomic E-state index is 0.0464. The third-order valence-electron chi connectivity index (χ3n) is 4.20. The van der Waals surface area contributed by atoms with Crippen LogP contribution < -0.4 is 16.0 Å². The Labute approximate surface area is 120 Å². The second-order valence-electron chi connectivity index (χ2n) is 5.97. The highest BCUT2D eigenvalue weighted by atomic mass is 16.5. The normalized spacial score (nSPS) is 26.3. The Bertz CT molecular complexity index is 433. The van der Waals surface area contributed by atoms with Crippen LogP contribution in [0.15, 0.2) is 30.3 Å². The van der Waals surface area contributed by atoms with E-state index in [0.717, 1.165) is 25.0 Å². The lowest BCUT2D eigenvalue weighted by atomic mass is 9.74. The van der Waals surface area contributed by atoms with Crippen molar-refractivity contribution in [3.63, 3.8) is 0 Å². The standard InChI is InChI=1S/C16H24N2O2/c1-11(2)12-8-13(16(19)18-17)10-15(9-12)20-14-6-4-3-5-7-14/h3-7,11-13,15H,8-10,17H2,1-2H3,(H,18,19). The minimum atomic E-state index is -0.0722. The first-order valence-corrected chi connectivity index (χ1v) is 7.32. The van der Waals surface area contributed by atoms with Gasteiger partial charge in [-0.3, -0.25) is 10.2 Å². The van der Waals surface area contributed by atoms with Gasteiger partial charge in [0.1, 0.15) is 5.75 Å². The Morgan fingerprint density at radius 1 is 1.25 bits per heavy atom. The molecule has 3 N–H and O–H groups in total. The Balaban J connectivity index is 2.05. The second kappa shape index (κ2) is 6.75. The van der Waals surface area contributed by atoms with Crippen LogP contribution in [0.1, 0.15) is 33.1 Å². The molecule has 0 bridgehead atoms. The Morgan fingerprint density at radius 2 is 1.95 bits per heavy atom. The quantitative estimate of drug-likeness (QED) is 0.504. The van der Waals surface area contributed by atoms with Gasteiger partial charge in [0.2, 0.25) is 5.91 Å². The lowest BCUT2D eigenvalue weighted by molar-refractivity contribution is -0.128. The second-order valence-corrected chi connectivity index (χ2v) is 5.97. The summed E-state index contributed by atoms with van der Waals surface area (Å²) >= 11 is 0. The van der Waals surface area contributed by atoms with Gasteiger partial charge in [-0.05, 0) is 43.2 Å². The molecule has 0 aromatic heterocycles. The highest BCUT2D eigenvalue weighted by Crippen LogP contribution is 2.35. The fourth-order valence-corrected chi connectivity index (χ4v) is 2.97. The average Bonchev–Trinajstić information content (AvgIpc) is 2.47. The van der Waals surface area contributed by atoms with Gasteiger partial charge in [-0.1, -0.05) is 32.0 Å². The molecule has 1 saturated carbocycles. The third kappa shape index (κ3) is 3.73. The maximum atomic E-state index is 11.8. The molecule has 0 heterocycles. The van der Waals surface area contributed by atoms with E-state index in [1.54, 1.807) is 0 Å². The van der Waals surface area contributed by atoms with E-state index < -0.39 is 0 Å². The van der Waals surface area contributed by atoms with Crippen LogP contribution in [0.5, 0.6) is 5.75 Å². The van der Waals surface area contributed by atoms with E-state index in [1.807, 2.05) is 30.3 Å². The fourth-order valence-electron chi connectivity index (χ4n) is 2.97. The molecule has 3 atom stereocenters. The number of amides is 1. The number of carbonyl (C=O) groups excluding carboxylic acids is 1. The molecule has 110 valence electrons. The SMILES string of the molecule is CC(C)C1CC(Oc2ccccc2)CC(C(=O)NN)C1. The van der Waals surface area contributed by atoms with E-state index in [1.165, 1.54) is 0 Å². The van der Waals surface area contributed by atoms with Crippen LogP contribution in [0.25, 0.3) is 0 Å². The van der Waals surface area contributed by atoms with Crippen molar-refractivity contribution in [1.29, 1.82) is 0 Å². The predicted molar refractivity (Wildman–Crippen MR) is 78.9 cm³/mol. The van der Waals surface area contributed by atoms with Crippen molar-refractivity contribution >= 4 is 5.91 Å². The van der Waals surface area contributed by atoms with Crippen LogP contribution in [0, 0.1) is 17.8 Å². The van der Waals surface area contributed by atoms with Gasteiger partial charge in [0.15, 0.2) is 0 Å². The van der Waals surface area contributed by atoms with Gasteiger partial charge in [0.05, 0.1) is 6.10 Å². The molecule has 4 nitrogen and oxygen atoms in total. The molecular weight excluding hydrogens is 252 g/mol. The maximum absolute atomic E-state index is 11.8. The molecule has 1 aliphatic rings. The minimum Gasteiger partial charge on any atom is -0.490 e. The molecular formula is C16H24N2O2. The molecule has 1 fully saturated rings. The predicted octanol–water partition coefficient (Wildman–Crippen LogP) is 2.50. The fraction of sp³-hybridized carbons (Fsp3) is 0.562. The van der Waals surface area contributed by atoms with E-state index in [0.29, 0.717) is 11.8 Å². The molecule has 1 amide bonds. The van der Waals surface area contributed by atoms with E-state index in [2.05, 4.69) is 19.3 Å². The van der Waals surface area contributed by atoms with Gasteiger partial charge in [-0.15, -0.1) is 0 Å². The molecule has 0 radical (unpaired) electrons. The molecule has 1 aromatic rings. The summed E-state index contributed by atoms with van der Waals surface area (Å²) in [6, 6.07) is 9.80. The van der Waals surface area contributed by atoms with Gasteiger partial charge in [0.25, 0.3) is 0 Å². The lowest BCUT2D eigenvalue weighted by Crippen LogP contribution is -2.42. The summed E-state index contributed by atoms with van der Waals surface area (Å²) in [5.41, 5.74) is 2.28. The first-order valence-electron chi connectivity index (χ1n) is 7.32. The van der Waals surface area contributed by atoms with Crippen molar-refractivity contribution in [3.05, 3.63) is 30.3 Å². The van der Waals surface area contributed by atoms with Crippen molar-refractivity contribution < 1.29 is 9.53 Å². The van der Waals surface area contributed by atoms with Crippen LogP contribution >= 0.6 is 0 Å². The molecule has 3 unspecified atom stereocenters. The van der Waals surface area contributed by atoms with Gasteiger partial charge in [-0.25, -0.2) is 5.84 Å². The van der Waals surface area contributed by atoms with E-state index >= 15 is 0 Å². The van der Waals surface area contributed by atoms with Gasteiger partial charge in [0, 0.05) is 5.92 Å². The van der Waals surface area contributed by atoms with E-state index in [-0.39, 0.29) is 17.9 Å². The van der Waals surface area contributed by atoms with Gasteiger partial charge < -0.3 is 4.74 Å². The molecule has 20 heavy (non-hydrogen) atoms. The monoisotopic (exact) mass is 276 g/mol. The summed E-state index contributed by atoms with van der Waals surface area (Å²) in [5, 5.41) is 0. The summed E-state index contributed by atoms with van der Waals surface area (Å²) in [6.07, 6.45) is 2.72. The van der Waals surface area contributed by atoms with Gasteiger partial charge >= 0.3 is 0 Å². The number of hydrogen-bond donors (Lipinski definition) is 2. The highest BCUT2D eigenvalue weighted by molar-refractivity contribution is 5.78.